The molecule has 1 aromatic rings. The molecule has 2 N–H and O–H groups in total. The average Bonchev–Trinajstić information content (AvgIpc) is 3.07. The van der Waals surface area contributed by atoms with E-state index >= 15 is 0 Å². The van der Waals surface area contributed by atoms with E-state index in [0.29, 0.717) is 17.7 Å². The molecule has 1 aliphatic carbocycles. The Balaban J connectivity index is 1.59. The Morgan fingerprint density at radius 1 is 1.61 bits per heavy atom. The molecule has 6 nitrogen and oxygen atoms in total. The van der Waals surface area contributed by atoms with Gasteiger partial charge in [0.05, 0.1) is 0 Å². The molecule has 2 heterocycles. The second-order valence-corrected chi connectivity index (χ2v) is 5.13. The lowest BCUT2D eigenvalue weighted by molar-refractivity contribution is 0.0722. The standard InChI is InChI=1S/C12H18N4O2/c1-8-7-16(5-4-13-8)14-12(17)10-6-11(18-15-10)9-2-3-9/h6,8-9,13H,2-5,7H2,1H3,(H,14,17). The SMILES string of the molecule is CC1CN(NC(=O)c2cc(C3CC3)on2)CCN1. The van der Waals surface area contributed by atoms with Crippen LogP contribution in [0.5, 0.6) is 0 Å². The smallest absolute Gasteiger partial charge is 0.287 e. The first kappa shape index (κ1) is 11.7. The number of rotatable bonds is 3. The van der Waals surface area contributed by atoms with E-state index in [0.717, 1.165) is 38.2 Å². The second kappa shape index (κ2) is 4.70. The summed E-state index contributed by atoms with van der Waals surface area (Å²) in [6.45, 7) is 4.59. The highest BCUT2D eigenvalue weighted by Gasteiger charge is 2.29. The summed E-state index contributed by atoms with van der Waals surface area (Å²) in [6, 6.07) is 2.15. The molecule has 0 radical (unpaired) electrons. The predicted octanol–water partition coefficient (Wildman–Crippen LogP) is 0.490. The molecule has 1 aliphatic heterocycles. The minimum atomic E-state index is -0.181. The Labute approximate surface area is 106 Å². The molecule has 98 valence electrons. The van der Waals surface area contributed by atoms with Crippen LogP contribution in [0.1, 0.15) is 41.9 Å². The van der Waals surface area contributed by atoms with Gasteiger partial charge < -0.3 is 9.84 Å². The van der Waals surface area contributed by atoms with Gasteiger partial charge in [-0.3, -0.25) is 10.2 Å². The quantitative estimate of drug-likeness (QED) is 0.817. The van der Waals surface area contributed by atoms with Crippen molar-refractivity contribution in [3.05, 3.63) is 17.5 Å². The molecular weight excluding hydrogens is 232 g/mol. The van der Waals surface area contributed by atoms with E-state index in [2.05, 4.69) is 22.8 Å². The molecule has 3 rings (SSSR count). The zero-order valence-electron chi connectivity index (χ0n) is 10.5. The first-order chi connectivity index (χ1) is 8.72. The summed E-state index contributed by atoms with van der Waals surface area (Å²) in [5.74, 6) is 1.15. The monoisotopic (exact) mass is 250 g/mol. The second-order valence-electron chi connectivity index (χ2n) is 5.13. The van der Waals surface area contributed by atoms with E-state index in [-0.39, 0.29) is 5.91 Å². The van der Waals surface area contributed by atoms with Crippen LogP contribution in [-0.2, 0) is 0 Å². The van der Waals surface area contributed by atoms with Gasteiger partial charge in [0.15, 0.2) is 5.69 Å². The van der Waals surface area contributed by atoms with Gasteiger partial charge in [-0.15, -0.1) is 0 Å². The van der Waals surface area contributed by atoms with Gasteiger partial charge in [0.25, 0.3) is 5.91 Å². The van der Waals surface area contributed by atoms with Crippen LogP contribution in [0.25, 0.3) is 0 Å². The van der Waals surface area contributed by atoms with Crippen molar-refractivity contribution in [2.24, 2.45) is 0 Å². The molecular formula is C12H18N4O2. The first-order valence-corrected chi connectivity index (χ1v) is 6.48. The van der Waals surface area contributed by atoms with Gasteiger partial charge in [-0.1, -0.05) is 5.16 Å². The number of nitrogens with zero attached hydrogens (tertiary/aromatic N) is 2. The number of carbonyl (C=O) groups excluding carboxylic acids is 1. The van der Waals surface area contributed by atoms with Crippen LogP contribution in [-0.4, -0.2) is 41.7 Å². The normalized spacial score (nSPS) is 25.1. The van der Waals surface area contributed by atoms with Crippen molar-refractivity contribution in [2.75, 3.05) is 19.6 Å². The highest BCUT2D eigenvalue weighted by Crippen LogP contribution is 2.40. The van der Waals surface area contributed by atoms with Crippen LogP contribution >= 0.6 is 0 Å². The summed E-state index contributed by atoms with van der Waals surface area (Å²) in [6.07, 6.45) is 2.29. The molecule has 0 bridgehead atoms. The van der Waals surface area contributed by atoms with Crippen LogP contribution in [0.3, 0.4) is 0 Å². The number of amides is 1. The summed E-state index contributed by atoms with van der Waals surface area (Å²) in [4.78, 5) is 12.0. The number of aromatic nitrogens is 1. The van der Waals surface area contributed by atoms with Gasteiger partial charge in [-0.25, -0.2) is 5.01 Å². The molecule has 1 unspecified atom stereocenters. The van der Waals surface area contributed by atoms with Gasteiger partial charge >= 0.3 is 0 Å². The van der Waals surface area contributed by atoms with Gasteiger partial charge in [0, 0.05) is 37.7 Å². The van der Waals surface area contributed by atoms with E-state index in [4.69, 9.17) is 4.52 Å². The third-order valence-corrected chi connectivity index (χ3v) is 3.37. The molecule has 1 saturated heterocycles. The topological polar surface area (TPSA) is 70.4 Å². The highest BCUT2D eigenvalue weighted by molar-refractivity contribution is 5.91. The van der Waals surface area contributed by atoms with E-state index in [1.165, 1.54) is 0 Å². The number of carbonyl (C=O) groups is 1. The summed E-state index contributed by atoms with van der Waals surface area (Å²) in [5.41, 5.74) is 3.25. The van der Waals surface area contributed by atoms with Crippen molar-refractivity contribution >= 4 is 5.91 Å². The third kappa shape index (κ3) is 2.54. The summed E-state index contributed by atoms with van der Waals surface area (Å²) in [7, 11) is 0. The van der Waals surface area contributed by atoms with Gasteiger partial charge in [0.1, 0.15) is 5.76 Å². The van der Waals surface area contributed by atoms with E-state index in [1.807, 2.05) is 5.01 Å². The molecule has 2 aliphatic rings. The van der Waals surface area contributed by atoms with Crippen molar-refractivity contribution < 1.29 is 9.32 Å². The van der Waals surface area contributed by atoms with Gasteiger partial charge in [-0.2, -0.15) is 0 Å². The maximum Gasteiger partial charge on any atom is 0.287 e. The number of piperazine rings is 1. The number of hydrogen-bond acceptors (Lipinski definition) is 5. The first-order valence-electron chi connectivity index (χ1n) is 6.48. The molecule has 0 spiro atoms. The van der Waals surface area contributed by atoms with Crippen molar-refractivity contribution in [3.63, 3.8) is 0 Å². The van der Waals surface area contributed by atoms with Crippen LogP contribution in [0, 0.1) is 0 Å². The highest BCUT2D eigenvalue weighted by atomic mass is 16.5. The Kier molecular flexibility index (Phi) is 3.05. The van der Waals surface area contributed by atoms with E-state index in [9.17, 15) is 4.79 Å². The van der Waals surface area contributed by atoms with Crippen LogP contribution in [0.4, 0.5) is 0 Å². The maximum absolute atomic E-state index is 12.0. The van der Waals surface area contributed by atoms with Gasteiger partial charge in [-0.05, 0) is 19.8 Å². The lowest BCUT2D eigenvalue weighted by Gasteiger charge is -2.31. The fraction of sp³-hybridized carbons (Fsp3) is 0.667. The molecule has 0 aromatic carbocycles. The summed E-state index contributed by atoms with van der Waals surface area (Å²) >= 11 is 0. The van der Waals surface area contributed by atoms with Gasteiger partial charge in [0.2, 0.25) is 0 Å². The number of hydrogen-bond donors (Lipinski definition) is 2. The Hall–Kier alpha value is -1.40. The molecule has 1 saturated carbocycles. The Morgan fingerprint density at radius 3 is 3.17 bits per heavy atom. The van der Waals surface area contributed by atoms with E-state index in [1.54, 1.807) is 6.07 Å². The fourth-order valence-electron chi connectivity index (χ4n) is 2.19. The molecule has 1 amide bonds. The minimum absolute atomic E-state index is 0.181. The van der Waals surface area contributed by atoms with E-state index < -0.39 is 0 Å². The van der Waals surface area contributed by atoms with Crippen molar-refractivity contribution in [1.29, 1.82) is 0 Å². The minimum Gasteiger partial charge on any atom is -0.360 e. The van der Waals surface area contributed by atoms with Crippen molar-refractivity contribution in [2.45, 2.75) is 31.7 Å². The fourth-order valence-corrected chi connectivity index (χ4v) is 2.19. The maximum atomic E-state index is 12.0. The zero-order valence-corrected chi connectivity index (χ0v) is 10.5. The Bertz CT molecular complexity index is 441. The third-order valence-electron chi connectivity index (χ3n) is 3.37. The largest absolute Gasteiger partial charge is 0.360 e. The van der Waals surface area contributed by atoms with Crippen LogP contribution in [0.15, 0.2) is 10.6 Å². The molecule has 6 heteroatoms. The molecule has 1 aromatic heterocycles. The Morgan fingerprint density at radius 2 is 2.44 bits per heavy atom. The summed E-state index contributed by atoms with van der Waals surface area (Å²) in [5, 5.41) is 9.08. The predicted molar refractivity (Wildman–Crippen MR) is 65.0 cm³/mol. The average molecular weight is 250 g/mol. The number of nitrogens with one attached hydrogen (secondary N) is 2. The zero-order chi connectivity index (χ0) is 12.5. The molecule has 1 atom stereocenters. The van der Waals surface area contributed by atoms with Crippen LogP contribution < -0.4 is 10.7 Å². The van der Waals surface area contributed by atoms with Crippen molar-refractivity contribution in [1.82, 2.24) is 20.9 Å². The molecule has 18 heavy (non-hydrogen) atoms. The molecule has 2 fully saturated rings. The lowest BCUT2D eigenvalue weighted by atomic mass is 10.2. The number of hydrazine groups is 1. The summed E-state index contributed by atoms with van der Waals surface area (Å²) < 4.78 is 5.18. The van der Waals surface area contributed by atoms with Crippen molar-refractivity contribution in [3.8, 4) is 0 Å². The lowest BCUT2D eigenvalue weighted by Crippen LogP contribution is -2.55. The van der Waals surface area contributed by atoms with Crippen LogP contribution in [0.2, 0.25) is 0 Å².